The lowest BCUT2D eigenvalue weighted by Crippen LogP contribution is -2.38. The molecule has 3 N–H and O–H groups in total. The number of carbonyl (C=O) groups is 1. The number of aliphatic hydroxyl groups excluding tert-OH is 1. The van der Waals surface area contributed by atoms with Crippen LogP contribution in [-0.4, -0.2) is 58.7 Å². The van der Waals surface area contributed by atoms with Gasteiger partial charge in [-0.05, 0) is 44.4 Å². The third kappa shape index (κ3) is 3.93. The largest absolute Gasteiger partial charge is 0.462 e. The summed E-state index contributed by atoms with van der Waals surface area (Å²) in [7, 11) is 1.94. The number of anilines is 1. The Hall–Kier alpha value is -3.04. The maximum Gasteiger partial charge on any atom is 0.341 e. The smallest absolute Gasteiger partial charge is 0.341 e. The van der Waals surface area contributed by atoms with Crippen molar-refractivity contribution in [2.45, 2.75) is 38.2 Å². The molecule has 2 fully saturated rings. The molecule has 9 heteroatoms. The van der Waals surface area contributed by atoms with Gasteiger partial charge in [0.05, 0.1) is 30.3 Å². The molecular weight excluding hydrogens is 408 g/mol. The Bertz CT molecular complexity index is 1030. The molecule has 0 amide bonds. The van der Waals surface area contributed by atoms with Crippen LogP contribution in [0, 0.1) is 5.92 Å². The molecule has 1 aliphatic carbocycles. The van der Waals surface area contributed by atoms with Gasteiger partial charge in [-0.2, -0.15) is 5.10 Å². The van der Waals surface area contributed by atoms with Gasteiger partial charge in [-0.15, -0.1) is 5.53 Å². The van der Waals surface area contributed by atoms with Crippen LogP contribution in [0.3, 0.4) is 0 Å². The first-order valence-electron chi connectivity index (χ1n) is 11.3. The Labute approximate surface area is 187 Å². The highest BCUT2D eigenvalue weighted by molar-refractivity contribution is 5.91. The molecule has 2 aromatic rings. The second kappa shape index (κ2) is 8.48. The third-order valence-electron chi connectivity index (χ3n) is 6.39. The summed E-state index contributed by atoms with van der Waals surface area (Å²) in [6.45, 7) is 3.69. The summed E-state index contributed by atoms with van der Waals surface area (Å²) in [4.78, 5) is 14.9. The van der Waals surface area contributed by atoms with Crippen molar-refractivity contribution in [3.05, 3.63) is 53.6 Å². The van der Waals surface area contributed by atoms with Gasteiger partial charge in [0.1, 0.15) is 5.56 Å². The Balaban J connectivity index is 1.49. The predicted molar refractivity (Wildman–Crippen MR) is 120 cm³/mol. The molecule has 32 heavy (non-hydrogen) atoms. The van der Waals surface area contributed by atoms with Gasteiger partial charge in [0, 0.05) is 49.6 Å². The minimum Gasteiger partial charge on any atom is -0.462 e. The fourth-order valence-electron chi connectivity index (χ4n) is 4.75. The molecule has 170 valence electrons. The number of hydrazine groups is 2. The normalized spacial score (nSPS) is 24.8. The number of hydrogen-bond donors (Lipinski definition) is 3. The number of β-amino-alcohol motifs (C(OH)–C–C–N with tert-alkyl or cyclic N) is 1. The summed E-state index contributed by atoms with van der Waals surface area (Å²) in [5.74, 6) is 0.124. The van der Waals surface area contributed by atoms with Crippen LogP contribution in [0.15, 0.2) is 42.4 Å². The molecule has 3 atom stereocenters. The zero-order chi connectivity index (χ0) is 22.2. The maximum absolute atomic E-state index is 12.7. The summed E-state index contributed by atoms with van der Waals surface area (Å²) in [5, 5.41) is 16.6. The van der Waals surface area contributed by atoms with Gasteiger partial charge in [0.25, 0.3) is 0 Å². The number of nitrogens with zero attached hydrogens (tertiary/aromatic N) is 4. The number of nitrogens with one attached hydrogen (secondary N) is 2. The van der Waals surface area contributed by atoms with E-state index in [2.05, 4.69) is 33.1 Å². The van der Waals surface area contributed by atoms with Crippen molar-refractivity contribution in [2.75, 3.05) is 31.6 Å². The number of allylic oxidation sites excluding steroid dienone is 1. The topological polar surface area (TPSA) is 94.9 Å². The van der Waals surface area contributed by atoms with Crippen LogP contribution < -0.4 is 15.9 Å². The van der Waals surface area contributed by atoms with Crippen LogP contribution in [0.1, 0.15) is 48.2 Å². The second-order valence-electron chi connectivity index (χ2n) is 8.72. The van der Waals surface area contributed by atoms with Gasteiger partial charge in [0.2, 0.25) is 0 Å². The summed E-state index contributed by atoms with van der Waals surface area (Å²) >= 11 is 0. The summed E-state index contributed by atoms with van der Waals surface area (Å²) in [6, 6.07) is 8.16. The average Bonchev–Trinajstić information content (AvgIpc) is 3.24. The molecule has 0 spiro atoms. The minimum absolute atomic E-state index is 0.171. The summed E-state index contributed by atoms with van der Waals surface area (Å²) in [5.41, 5.74) is 10.8. The number of rotatable bonds is 6. The van der Waals surface area contributed by atoms with E-state index in [1.165, 1.54) is 0 Å². The van der Waals surface area contributed by atoms with Crippen LogP contribution >= 0.6 is 0 Å². The van der Waals surface area contributed by atoms with E-state index in [0.717, 1.165) is 48.6 Å². The van der Waals surface area contributed by atoms with Gasteiger partial charge in [-0.25, -0.2) is 9.48 Å². The highest BCUT2D eigenvalue weighted by Crippen LogP contribution is 2.52. The van der Waals surface area contributed by atoms with E-state index in [4.69, 9.17) is 4.74 Å². The van der Waals surface area contributed by atoms with Gasteiger partial charge in [-0.3, -0.25) is 5.01 Å². The minimum atomic E-state index is -0.335. The van der Waals surface area contributed by atoms with Crippen molar-refractivity contribution >= 4 is 11.7 Å². The van der Waals surface area contributed by atoms with Crippen LogP contribution in [0.4, 0.5) is 5.69 Å². The SMILES string of the molecule is CCOC(=O)c1cnn(-c2cccc(N3CCC[C@@H](O)C3)c2)c1[C@@H]1C[C@H]1C1=CN(C)NN1. The maximum atomic E-state index is 12.7. The van der Waals surface area contributed by atoms with E-state index in [-0.39, 0.29) is 23.9 Å². The molecule has 3 heterocycles. The number of piperidine rings is 1. The second-order valence-corrected chi connectivity index (χ2v) is 8.72. The fraction of sp³-hybridized carbons (Fsp3) is 0.478. The molecule has 2 aliphatic heterocycles. The summed E-state index contributed by atoms with van der Waals surface area (Å²) < 4.78 is 7.21. The zero-order valence-electron chi connectivity index (χ0n) is 18.5. The van der Waals surface area contributed by atoms with Gasteiger partial charge in [-0.1, -0.05) is 6.07 Å². The first-order chi connectivity index (χ1) is 15.5. The van der Waals surface area contributed by atoms with Gasteiger partial charge >= 0.3 is 5.97 Å². The standard InChI is InChI=1S/C23H30N6O3/c1-3-32-23(31)20-12-24-29(22(20)19-11-18(19)21-14-27(2)26-25-21)16-7-4-6-15(10-16)28-9-5-8-17(30)13-28/h4,6-7,10,12,14,17-19,25-26,30H,3,5,8-9,11,13H2,1-2H3/t17-,18-,19-/m1/s1. The number of ether oxygens (including phenoxy) is 1. The molecule has 3 aliphatic rings. The number of aliphatic hydroxyl groups is 1. The molecule has 1 aromatic heterocycles. The van der Waals surface area contributed by atoms with E-state index < -0.39 is 0 Å². The van der Waals surface area contributed by atoms with Crippen molar-refractivity contribution in [1.29, 1.82) is 0 Å². The number of esters is 1. The monoisotopic (exact) mass is 438 g/mol. The lowest BCUT2D eigenvalue weighted by Gasteiger charge is -2.32. The number of benzene rings is 1. The van der Waals surface area contributed by atoms with E-state index in [9.17, 15) is 9.90 Å². The van der Waals surface area contributed by atoms with Crippen molar-refractivity contribution in [3.8, 4) is 5.69 Å². The molecule has 1 saturated carbocycles. The first-order valence-corrected chi connectivity index (χ1v) is 11.3. The van der Waals surface area contributed by atoms with Crippen molar-refractivity contribution in [1.82, 2.24) is 25.7 Å². The van der Waals surface area contributed by atoms with Crippen LogP contribution in [0.25, 0.3) is 5.69 Å². The van der Waals surface area contributed by atoms with Gasteiger partial charge in [0.15, 0.2) is 0 Å². The molecule has 0 radical (unpaired) electrons. The number of carbonyl (C=O) groups excluding carboxylic acids is 1. The molecule has 0 unspecified atom stereocenters. The molecule has 1 saturated heterocycles. The quantitative estimate of drug-likeness (QED) is 0.589. The highest BCUT2D eigenvalue weighted by Gasteiger charge is 2.46. The Morgan fingerprint density at radius 3 is 2.91 bits per heavy atom. The molecule has 5 rings (SSSR count). The molecular formula is C23H30N6O3. The van der Waals surface area contributed by atoms with E-state index >= 15 is 0 Å². The van der Waals surface area contributed by atoms with Crippen molar-refractivity contribution in [3.63, 3.8) is 0 Å². The van der Waals surface area contributed by atoms with E-state index in [0.29, 0.717) is 18.7 Å². The lowest BCUT2D eigenvalue weighted by molar-refractivity contribution is 0.0525. The Kier molecular flexibility index (Phi) is 5.52. The third-order valence-corrected chi connectivity index (χ3v) is 6.39. The first kappa shape index (κ1) is 20.8. The van der Waals surface area contributed by atoms with Crippen molar-refractivity contribution in [2.24, 2.45) is 5.92 Å². The van der Waals surface area contributed by atoms with Crippen LogP contribution in [-0.2, 0) is 4.74 Å². The molecule has 0 bridgehead atoms. The molecule has 9 nitrogen and oxygen atoms in total. The van der Waals surface area contributed by atoms with E-state index in [1.54, 1.807) is 6.20 Å². The summed E-state index contributed by atoms with van der Waals surface area (Å²) in [6.07, 6.45) is 6.12. The van der Waals surface area contributed by atoms with E-state index in [1.807, 2.05) is 42.0 Å². The Morgan fingerprint density at radius 1 is 1.31 bits per heavy atom. The highest BCUT2D eigenvalue weighted by atomic mass is 16.5. The zero-order valence-corrected chi connectivity index (χ0v) is 18.5. The molecule has 1 aromatic carbocycles. The number of aromatic nitrogens is 2. The predicted octanol–water partition coefficient (Wildman–Crippen LogP) is 1.91. The average molecular weight is 439 g/mol. The number of hydrogen-bond acceptors (Lipinski definition) is 8. The fourth-order valence-corrected chi connectivity index (χ4v) is 4.75. The Morgan fingerprint density at radius 2 is 2.16 bits per heavy atom. The van der Waals surface area contributed by atoms with Crippen molar-refractivity contribution < 1.29 is 14.6 Å². The van der Waals surface area contributed by atoms with Crippen LogP contribution in [0.5, 0.6) is 0 Å². The lowest BCUT2D eigenvalue weighted by atomic mass is 10.1. The van der Waals surface area contributed by atoms with Crippen LogP contribution in [0.2, 0.25) is 0 Å². The van der Waals surface area contributed by atoms with Gasteiger partial charge < -0.3 is 20.2 Å².